The molecule has 7 nitrogen and oxygen atoms in total. The first-order valence-corrected chi connectivity index (χ1v) is 4.62. The van der Waals surface area contributed by atoms with Crippen LogP contribution in [0.1, 0.15) is 0 Å². The fourth-order valence-electron chi connectivity index (χ4n) is 0.949. The third kappa shape index (κ3) is 5.08. The summed E-state index contributed by atoms with van der Waals surface area (Å²) in [6.45, 7) is 1.25. The summed E-state index contributed by atoms with van der Waals surface area (Å²) in [4.78, 5) is 11.2. The molecular formula is C8H14N4O3. The second-order valence-electron chi connectivity index (χ2n) is 2.79. The Morgan fingerprint density at radius 1 is 1.53 bits per heavy atom. The van der Waals surface area contributed by atoms with Gasteiger partial charge in [0.1, 0.15) is 6.54 Å². The van der Waals surface area contributed by atoms with Gasteiger partial charge in [-0.25, -0.2) is 4.68 Å². The van der Waals surface area contributed by atoms with Crippen LogP contribution in [0.3, 0.4) is 0 Å². The van der Waals surface area contributed by atoms with Crippen molar-refractivity contribution in [2.24, 2.45) is 0 Å². The van der Waals surface area contributed by atoms with Gasteiger partial charge in [-0.1, -0.05) is 5.21 Å². The molecule has 1 rings (SSSR count). The number of ether oxygens (including phenoxy) is 1. The van der Waals surface area contributed by atoms with Crippen molar-refractivity contribution in [1.82, 2.24) is 20.3 Å². The zero-order chi connectivity index (χ0) is 10.9. The third-order valence-electron chi connectivity index (χ3n) is 1.58. The van der Waals surface area contributed by atoms with Crippen LogP contribution in [0.4, 0.5) is 0 Å². The van der Waals surface area contributed by atoms with Crippen LogP contribution in [0.5, 0.6) is 0 Å². The molecule has 0 radical (unpaired) electrons. The second kappa shape index (κ2) is 6.91. The summed E-state index contributed by atoms with van der Waals surface area (Å²) in [6, 6.07) is 0. The van der Waals surface area contributed by atoms with E-state index in [4.69, 9.17) is 9.84 Å². The molecule has 0 unspecified atom stereocenters. The van der Waals surface area contributed by atoms with E-state index in [0.29, 0.717) is 19.8 Å². The number of hydrogen-bond acceptors (Lipinski definition) is 5. The molecule has 0 saturated carbocycles. The minimum absolute atomic E-state index is 0.00704. The first-order chi connectivity index (χ1) is 7.33. The van der Waals surface area contributed by atoms with E-state index >= 15 is 0 Å². The summed E-state index contributed by atoms with van der Waals surface area (Å²) in [6.07, 6.45) is 3.12. The van der Waals surface area contributed by atoms with Gasteiger partial charge in [0.2, 0.25) is 5.91 Å². The molecule has 0 saturated heterocycles. The van der Waals surface area contributed by atoms with Crippen molar-refractivity contribution in [3.63, 3.8) is 0 Å². The maximum Gasteiger partial charge on any atom is 0.241 e. The van der Waals surface area contributed by atoms with E-state index in [1.165, 1.54) is 10.9 Å². The van der Waals surface area contributed by atoms with E-state index in [1.54, 1.807) is 6.20 Å². The van der Waals surface area contributed by atoms with E-state index in [1.807, 2.05) is 0 Å². The lowest BCUT2D eigenvalue weighted by molar-refractivity contribution is -0.122. The molecule has 0 aromatic carbocycles. The topological polar surface area (TPSA) is 89.3 Å². The van der Waals surface area contributed by atoms with Crippen LogP contribution in [0.2, 0.25) is 0 Å². The number of nitrogens with one attached hydrogen (secondary N) is 1. The maximum absolute atomic E-state index is 11.2. The average Bonchev–Trinajstić information content (AvgIpc) is 2.70. The van der Waals surface area contributed by atoms with Crippen molar-refractivity contribution in [1.29, 1.82) is 0 Å². The highest BCUT2D eigenvalue weighted by atomic mass is 16.5. The van der Waals surface area contributed by atoms with E-state index in [2.05, 4.69) is 15.6 Å². The monoisotopic (exact) mass is 214 g/mol. The quantitative estimate of drug-likeness (QED) is 0.534. The van der Waals surface area contributed by atoms with Crippen molar-refractivity contribution in [2.75, 3.05) is 26.4 Å². The van der Waals surface area contributed by atoms with E-state index in [9.17, 15) is 4.79 Å². The Labute approximate surface area is 87.0 Å². The molecule has 84 valence electrons. The van der Waals surface area contributed by atoms with Crippen LogP contribution in [0.15, 0.2) is 12.4 Å². The smallest absolute Gasteiger partial charge is 0.241 e. The minimum Gasteiger partial charge on any atom is -0.394 e. The normalized spacial score (nSPS) is 10.2. The van der Waals surface area contributed by atoms with Crippen LogP contribution in [0.25, 0.3) is 0 Å². The van der Waals surface area contributed by atoms with Gasteiger partial charge >= 0.3 is 0 Å². The first-order valence-electron chi connectivity index (χ1n) is 4.62. The van der Waals surface area contributed by atoms with Gasteiger partial charge in [0.25, 0.3) is 0 Å². The fraction of sp³-hybridized carbons (Fsp3) is 0.625. The molecule has 0 aliphatic heterocycles. The van der Waals surface area contributed by atoms with Gasteiger partial charge in [-0.15, -0.1) is 5.10 Å². The largest absolute Gasteiger partial charge is 0.394 e. The van der Waals surface area contributed by atoms with Crippen molar-refractivity contribution >= 4 is 5.91 Å². The third-order valence-corrected chi connectivity index (χ3v) is 1.58. The van der Waals surface area contributed by atoms with Crippen LogP contribution >= 0.6 is 0 Å². The lowest BCUT2D eigenvalue weighted by Crippen LogP contribution is -2.30. The molecule has 0 fully saturated rings. The van der Waals surface area contributed by atoms with Crippen LogP contribution in [0, 0.1) is 0 Å². The maximum atomic E-state index is 11.2. The fourth-order valence-corrected chi connectivity index (χ4v) is 0.949. The zero-order valence-electron chi connectivity index (χ0n) is 8.30. The number of rotatable bonds is 7. The lowest BCUT2D eigenvalue weighted by Gasteiger charge is -2.05. The summed E-state index contributed by atoms with van der Waals surface area (Å²) < 4.78 is 6.40. The number of hydrogen-bond donors (Lipinski definition) is 2. The molecule has 1 amide bonds. The Hall–Kier alpha value is -1.47. The number of carbonyl (C=O) groups excluding carboxylic acids is 1. The summed E-state index contributed by atoms with van der Waals surface area (Å²) >= 11 is 0. The highest BCUT2D eigenvalue weighted by Crippen LogP contribution is 1.80. The molecule has 15 heavy (non-hydrogen) atoms. The number of aliphatic hydroxyl groups is 1. The summed E-state index contributed by atoms with van der Waals surface area (Å²) in [5.74, 6) is -0.145. The zero-order valence-corrected chi connectivity index (χ0v) is 8.30. The Morgan fingerprint density at radius 2 is 2.40 bits per heavy atom. The standard InChI is InChI=1S/C8H14N4O3/c13-4-6-15-5-2-9-8(14)7-12-3-1-10-11-12/h1,3,13H,2,4-7H2,(H,9,14). The summed E-state index contributed by atoms with van der Waals surface area (Å²) in [5.41, 5.74) is 0. The van der Waals surface area contributed by atoms with Gasteiger partial charge in [-0.3, -0.25) is 4.79 Å². The molecule has 0 bridgehead atoms. The first kappa shape index (κ1) is 11.6. The minimum atomic E-state index is -0.145. The van der Waals surface area contributed by atoms with E-state index in [0.717, 1.165) is 0 Å². The number of amides is 1. The molecule has 0 spiro atoms. The molecule has 1 heterocycles. The van der Waals surface area contributed by atoms with Gasteiger partial charge in [0.15, 0.2) is 0 Å². The molecule has 1 aromatic heterocycles. The molecular weight excluding hydrogens is 200 g/mol. The van der Waals surface area contributed by atoms with Crippen LogP contribution in [-0.4, -0.2) is 52.4 Å². The molecule has 1 aromatic rings. The van der Waals surface area contributed by atoms with Crippen molar-refractivity contribution in [2.45, 2.75) is 6.54 Å². The second-order valence-corrected chi connectivity index (χ2v) is 2.79. The Bertz CT molecular complexity index is 275. The number of carbonyl (C=O) groups is 1. The van der Waals surface area contributed by atoms with E-state index in [-0.39, 0.29) is 19.1 Å². The Balaban J connectivity index is 2.04. The number of nitrogens with zero attached hydrogens (tertiary/aromatic N) is 3. The van der Waals surface area contributed by atoms with Gasteiger partial charge in [0.05, 0.1) is 26.0 Å². The SMILES string of the molecule is O=C(Cn1ccnn1)NCCOCCO. The Kier molecular flexibility index (Phi) is 5.34. The summed E-state index contributed by atoms with van der Waals surface area (Å²) in [5, 5.41) is 18.3. The number of aromatic nitrogens is 3. The van der Waals surface area contributed by atoms with Crippen LogP contribution in [-0.2, 0) is 16.1 Å². The summed E-state index contributed by atoms with van der Waals surface area (Å²) in [7, 11) is 0. The van der Waals surface area contributed by atoms with Crippen molar-refractivity contribution in [3.05, 3.63) is 12.4 Å². The van der Waals surface area contributed by atoms with Crippen molar-refractivity contribution in [3.8, 4) is 0 Å². The average molecular weight is 214 g/mol. The molecule has 0 aliphatic rings. The lowest BCUT2D eigenvalue weighted by atomic mass is 10.5. The van der Waals surface area contributed by atoms with Gasteiger partial charge in [0, 0.05) is 12.7 Å². The highest BCUT2D eigenvalue weighted by molar-refractivity contribution is 5.75. The van der Waals surface area contributed by atoms with Gasteiger partial charge in [-0.2, -0.15) is 0 Å². The molecule has 7 heteroatoms. The molecule has 2 N–H and O–H groups in total. The highest BCUT2D eigenvalue weighted by Gasteiger charge is 2.01. The van der Waals surface area contributed by atoms with Gasteiger partial charge < -0.3 is 15.2 Å². The predicted molar refractivity (Wildman–Crippen MR) is 50.9 cm³/mol. The molecule has 0 atom stereocenters. The van der Waals surface area contributed by atoms with E-state index < -0.39 is 0 Å². The Morgan fingerprint density at radius 3 is 3.07 bits per heavy atom. The van der Waals surface area contributed by atoms with Gasteiger partial charge in [-0.05, 0) is 0 Å². The molecule has 0 aliphatic carbocycles. The van der Waals surface area contributed by atoms with Crippen LogP contribution < -0.4 is 5.32 Å². The predicted octanol–water partition coefficient (Wildman–Crippen LogP) is -1.60. The van der Waals surface area contributed by atoms with Crippen molar-refractivity contribution < 1.29 is 14.6 Å². The number of aliphatic hydroxyl groups excluding tert-OH is 1.